The molecule has 0 aliphatic heterocycles. The molecular weight excluding hydrogens is 412 g/mol. The second kappa shape index (κ2) is 11.0. The predicted octanol–water partition coefficient (Wildman–Crippen LogP) is 5.62. The number of hydrogen-bond donors (Lipinski definition) is 0. The quantitative estimate of drug-likeness (QED) is 0.260. The Morgan fingerprint density at radius 1 is 0.742 bits per heavy atom. The molecule has 0 N–H and O–H groups in total. The number of carbonyl (C=O) groups is 2. The van der Waals surface area contributed by atoms with E-state index >= 15 is 0 Å². The van der Waals surface area contributed by atoms with Crippen LogP contribution in [-0.4, -0.2) is 22.1 Å². The first-order valence-electron chi connectivity index (χ1n) is 9.90. The van der Waals surface area contributed by atoms with Gasteiger partial charge in [-0.05, 0) is 61.4 Å². The third-order valence-corrected chi connectivity index (χ3v) is 5.07. The van der Waals surface area contributed by atoms with Gasteiger partial charge in [-0.25, -0.2) is 9.59 Å². The minimum absolute atomic E-state index is 0.400. The Hall–Kier alpha value is -3.58. The van der Waals surface area contributed by atoms with Gasteiger partial charge in [0.15, 0.2) is 0 Å². The highest BCUT2D eigenvalue weighted by atomic mass is 32.1. The van der Waals surface area contributed by atoms with E-state index in [4.69, 9.17) is 9.47 Å². The molecule has 0 bridgehead atoms. The topological polar surface area (TPSA) is 78.4 Å². The summed E-state index contributed by atoms with van der Waals surface area (Å²) in [5.74, 6) is 0.142. The van der Waals surface area contributed by atoms with Crippen LogP contribution in [0.5, 0.6) is 11.5 Å². The first kappa shape index (κ1) is 22.1. The van der Waals surface area contributed by atoms with E-state index in [1.165, 1.54) is 23.5 Å². The van der Waals surface area contributed by atoms with E-state index < -0.39 is 11.9 Å². The summed E-state index contributed by atoms with van der Waals surface area (Å²) in [5.41, 5.74) is 1.75. The van der Waals surface area contributed by atoms with Crippen molar-refractivity contribution < 1.29 is 19.1 Å². The fourth-order valence-electron chi connectivity index (χ4n) is 2.52. The summed E-state index contributed by atoms with van der Waals surface area (Å²) in [6.45, 7) is 3.90. The van der Waals surface area contributed by atoms with Gasteiger partial charge >= 0.3 is 11.9 Å². The van der Waals surface area contributed by atoms with Crippen LogP contribution >= 0.6 is 11.3 Å². The Balaban J connectivity index is 1.66. The number of ether oxygens (including phenoxy) is 2. The van der Waals surface area contributed by atoms with Crippen LogP contribution in [0.4, 0.5) is 0 Å². The lowest BCUT2D eigenvalue weighted by Gasteiger charge is -2.02. The molecule has 7 heteroatoms. The van der Waals surface area contributed by atoms with Crippen molar-refractivity contribution >= 4 is 23.3 Å². The van der Waals surface area contributed by atoms with E-state index in [9.17, 15) is 9.59 Å². The number of aromatic nitrogens is 2. The number of esters is 2. The zero-order valence-corrected chi connectivity index (χ0v) is 18.1. The molecular formula is C24H22N2O4S. The molecule has 0 saturated heterocycles. The largest absolute Gasteiger partial charge is 0.423 e. The maximum atomic E-state index is 11.7. The van der Waals surface area contributed by atoms with Gasteiger partial charge in [0.05, 0.1) is 0 Å². The first-order valence-corrected chi connectivity index (χ1v) is 10.7. The van der Waals surface area contributed by atoms with Crippen LogP contribution in [0, 0.1) is 0 Å². The average molecular weight is 435 g/mol. The Labute approximate surface area is 184 Å². The van der Waals surface area contributed by atoms with E-state index in [0.29, 0.717) is 11.5 Å². The fourth-order valence-corrected chi connectivity index (χ4v) is 3.37. The predicted molar refractivity (Wildman–Crippen MR) is 121 cm³/mol. The third kappa shape index (κ3) is 6.45. The molecule has 0 fully saturated rings. The Morgan fingerprint density at radius 2 is 1.13 bits per heavy atom. The van der Waals surface area contributed by atoms with Crippen molar-refractivity contribution in [3.05, 3.63) is 72.8 Å². The van der Waals surface area contributed by atoms with E-state index in [0.717, 1.165) is 34.0 Å². The standard InChI is InChI=1S/C24H22N2O4S/c1-3-5-7-21(27)29-19-13-9-17(10-14-19)23-25-26-24(31-23)18-11-15-20(16-12-18)30-22(28)8-6-4-2/h5-16H,3-4H2,1-2H3. The number of allylic oxidation sites excluding steroid dienone is 2. The second-order valence-electron chi connectivity index (χ2n) is 6.42. The van der Waals surface area contributed by atoms with Crippen LogP contribution in [-0.2, 0) is 9.59 Å². The normalized spacial score (nSPS) is 11.2. The van der Waals surface area contributed by atoms with Crippen molar-refractivity contribution in [3.8, 4) is 32.6 Å². The molecule has 0 aliphatic carbocycles. The summed E-state index contributed by atoms with van der Waals surface area (Å²) in [7, 11) is 0. The average Bonchev–Trinajstić information content (AvgIpc) is 3.27. The van der Waals surface area contributed by atoms with Gasteiger partial charge in [-0.2, -0.15) is 0 Å². The van der Waals surface area contributed by atoms with Gasteiger partial charge < -0.3 is 9.47 Å². The van der Waals surface area contributed by atoms with Crippen LogP contribution in [0.3, 0.4) is 0 Å². The monoisotopic (exact) mass is 434 g/mol. The summed E-state index contributed by atoms with van der Waals surface area (Å²) in [5, 5.41) is 10.0. The number of nitrogens with zero attached hydrogens (tertiary/aromatic N) is 2. The maximum Gasteiger partial charge on any atom is 0.335 e. The summed E-state index contributed by atoms with van der Waals surface area (Å²) in [6.07, 6.45) is 7.88. The molecule has 31 heavy (non-hydrogen) atoms. The lowest BCUT2D eigenvalue weighted by molar-refractivity contribution is -0.129. The lowest BCUT2D eigenvalue weighted by atomic mass is 10.2. The second-order valence-corrected chi connectivity index (χ2v) is 7.40. The molecule has 0 spiro atoms. The number of rotatable bonds is 8. The van der Waals surface area contributed by atoms with Gasteiger partial charge in [-0.3, -0.25) is 0 Å². The van der Waals surface area contributed by atoms with Crippen molar-refractivity contribution in [2.24, 2.45) is 0 Å². The van der Waals surface area contributed by atoms with E-state index in [2.05, 4.69) is 10.2 Å². The van der Waals surface area contributed by atoms with Crippen molar-refractivity contribution in [2.75, 3.05) is 0 Å². The maximum absolute atomic E-state index is 11.7. The Bertz CT molecular complexity index is 998. The third-order valence-electron chi connectivity index (χ3n) is 4.04. The van der Waals surface area contributed by atoms with Gasteiger partial charge in [0.2, 0.25) is 0 Å². The number of benzene rings is 2. The molecule has 0 radical (unpaired) electrons. The van der Waals surface area contributed by atoms with E-state index in [-0.39, 0.29) is 0 Å². The van der Waals surface area contributed by atoms with Crippen molar-refractivity contribution in [1.29, 1.82) is 0 Å². The highest BCUT2D eigenvalue weighted by Gasteiger charge is 2.10. The molecule has 0 atom stereocenters. The molecule has 2 aromatic carbocycles. The summed E-state index contributed by atoms with van der Waals surface area (Å²) in [4.78, 5) is 23.3. The Morgan fingerprint density at radius 3 is 1.48 bits per heavy atom. The van der Waals surface area contributed by atoms with E-state index in [1.54, 1.807) is 36.4 Å². The molecule has 0 amide bonds. The zero-order valence-electron chi connectivity index (χ0n) is 17.3. The summed E-state index contributed by atoms with van der Waals surface area (Å²) >= 11 is 1.44. The molecule has 6 nitrogen and oxygen atoms in total. The molecule has 0 aliphatic rings. The molecule has 3 rings (SSSR count). The van der Waals surface area contributed by atoms with Crippen molar-refractivity contribution in [1.82, 2.24) is 10.2 Å². The SMILES string of the molecule is CCC=CC(=O)Oc1ccc(-c2nnc(-c3ccc(OC(=O)C=CCC)cc3)s2)cc1. The first-order chi connectivity index (χ1) is 15.1. The number of hydrogen-bond acceptors (Lipinski definition) is 7. The van der Waals surface area contributed by atoms with Crippen LogP contribution in [0.25, 0.3) is 21.1 Å². The fraction of sp³-hybridized carbons (Fsp3) is 0.167. The smallest absolute Gasteiger partial charge is 0.335 e. The molecule has 3 aromatic rings. The molecule has 158 valence electrons. The Kier molecular flexibility index (Phi) is 7.84. The van der Waals surface area contributed by atoms with Crippen molar-refractivity contribution in [2.45, 2.75) is 26.7 Å². The van der Waals surface area contributed by atoms with Crippen LogP contribution in [0.15, 0.2) is 72.8 Å². The summed E-state index contributed by atoms with van der Waals surface area (Å²) < 4.78 is 10.5. The van der Waals surface area contributed by atoms with Gasteiger partial charge in [0.25, 0.3) is 0 Å². The molecule has 1 heterocycles. The van der Waals surface area contributed by atoms with Gasteiger partial charge in [0, 0.05) is 23.3 Å². The van der Waals surface area contributed by atoms with Crippen LogP contribution in [0.2, 0.25) is 0 Å². The zero-order chi connectivity index (χ0) is 22.1. The highest BCUT2D eigenvalue weighted by Crippen LogP contribution is 2.31. The minimum Gasteiger partial charge on any atom is -0.423 e. The van der Waals surface area contributed by atoms with Crippen LogP contribution in [0.1, 0.15) is 26.7 Å². The van der Waals surface area contributed by atoms with Gasteiger partial charge in [0.1, 0.15) is 21.5 Å². The van der Waals surface area contributed by atoms with E-state index in [1.807, 2.05) is 38.1 Å². The molecule has 0 saturated carbocycles. The van der Waals surface area contributed by atoms with Gasteiger partial charge in [-0.1, -0.05) is 37.3 Å². The summed E-state index contributed by atoms with van der Waals surface area (Å²) in [6, 6.07) is 14.3. The lowest BCUT2D eigenvalue weighted by Crippen LogP contribution is -2.03. The van der Waals surface area contributed by atoms with Crippen LogP contribution < -0.4 is 9.47 Å². The minimum atomic E-state index is -0.400. The molecule has 1 aromatic heterocycles. The molecule has 0 unspecified atom stereocenters. The van der Waals surface area contributed by atoms with Crippen molar-refractivity contribution in [3.63, 3.8) is 0 Å². The highest BCUT2D eigenvalue weighted by molar-refractivity contribution is 7.17. The van der Waals surface area contributed by atoms with Gasteiger partial charge in [-0.15, -0.1) is 10.2 Å². The number of carbonyl (C=O) groups excluding carboxylic acids is 2.